The van der Waals surface area contributed by atoms with Crippen LogP contribution in [0.5, 0.6) is 10.8 Å². The van der Waals surface area contributed by atoms with Gasteiger partial charge in [0, 0.05) is 30.7 Å². The third kappa shape index (κ3) is 5.80. The fraction of sp³-hybridized carbons (Fsp3) is 0.370. The Balaban J connectivity index is 1.87. The van der Waals surface area contributed by atoms with Crippen molar-refractivity contribution in [1.29, 1.82) is 5.26 Å². The average Bonchev–Trinajstić information content (AvgIpc) is 3.17. The average molecular weight is 461 g/mol. The van der Waals surface area contributed by atoms with Crippen LogP contribution in [0.15, 0.2) is 41.4 Å². The summed E-state index contributed by atoms with van der Waals surface area (Å²) in [4.78, 5) is 6.69. The molecule has 0 aliphatic heterocycles. The van der Waals surface area contributed by atoms with E-state index in [1.54, 1.807) is 0 Å². The van der Waals surface area contributed by atoms with Crippen LogP contribution in [0.2, 0.25) is 0 Å². The summed E-state index contributed by atoms with van der Waals surface area (Å²) in [6, 6.07) is 14.5. The molecule has 0 saturated heterocycles. The monoisotopic (exact) mass is 460 g/mol. The topological polar surface area (TPSA) is 61.5 Å². The van der Waals surface area contributed by atoms with E-state index in [1.807, 2.05) is 51.5 Å². The van der Waals surface area contributed by atoms with E-state index < -0.39 is 0 Å². The highest BCUT2D eigenvalue weighted by Gasteiger charge is 2.20. The fourth-order valence-electron chi connectivity index (χ4n) is 3.46. The molecule has 33 heavy (non-hydrogen) atoms. The van der Waals surface area contributed by atoms with Crippen LogP contribution in [0.4, 0.5) is 5.69 Å². The first kappa shape index (κ1) is 24.5. The zero-order chi connectivity index (χ0) is 24.2. The smallest absolute Gasteiger partial charge is 0.218 e. The Hall–Kier alpha value is -3.17. The maximum absolute atomic E-state index is 9.86. The summed E-state index contributed by atoms with van der Waals surface area (Å²) >= 11 is 1.21. The van der Waals surface area contributed by atoms with Crippen LogP contribution in [-0.4, -0.2) is 29.2 Å². The van der Waals surface area contributed by atoms with Crippen LogP contribution in [0.3, 0.4) is 0 Å². The molecule has 0 N–H and O–H groups in total. The van der Waals surface area contributed by atoms with Crippen LogP contribution in [0.1, 0.15) is 56.4 Å². The molecule has 0 aliphatic rings. The van der Waals surface area contributed by atoms with E-state index in [0.717, 1.165) is 35.3 Å². The number of nitrogens with zero attached hydrogens (tertiary/aromatic N) is 4. The Morgan fingerprint density at radius 1 is 1.15 bits per heavy atom. The predicted octanol–water partition coefficient (Wildman–Crippen LogP) is 7.39. The van der Waals surface area contributed by atoms with Gasteiger partial charge in [-0.05, 0) is 54.5 Å². The van der Waals surface area contributed by atoms with E-state index >= 15 is 0 Å². The second-order valence-electron chi connectivity index (χ2n) is 9.36. The normalized spacial score (nSPS) is 11.6. The minimum atomic E-state index is 0.0734. The Labute approximate surface area is 201 Å². The summed E-state index contributed by atoms with van der Waals surface area (Å²) in [6.45, 7) is 13.7. The first-order chi connectivity index (χ1) is 15.6. The van der Waals surface area contributed by atoms with Crippen LogP contribution in [0.25, 0.3) is 11.3 Å². The summed E-state index contributed by atoms with van der Waals surface area (Å²) in [7, 11) is 2.02. The molecular weight excluding hydrogens is 428 g/mol. The van der Waals surface area contributed by atoms with Gasteiger partial charge in [-0.2, -0.15) is 9.64 Å². The summed E-state index contributed by atoms with van der Waals surface area (Å²) in [5, 5.41) is 10.4. The molecule has 0 spiro atoms. The molecule has 0 aliphatic carbocycles. The van der Waals surface area contributed by atoms with E-state index in [4.69, 9.17) is 4.74 Å². The zero-order valence-electron chi connectivity index (χ0n) is 20.6. The Morgan fingerprint density at radius 2 is 1.85 bits per heavy atom. The van der Waals surface area contributed by atoms with E-state index in [9.17, 15) is 5.26 Å². The zero-order valence-corrected chi connectivity index (χ0v) is 21.4. The van der Waals surface area contributed by atoms with E-state index in [0.29, 0.717) is 22.1 Å². The van der Waals surface area contributed by atoms with E-state index in [1.165, 1.54) is 17.1 Å². The van der Waals surface area contributed by atoms with Crippen LogP contribution in [-0.2, 0) is 5.41 Å². The number of aromatic nitrogens is 1. The van der Waals surface area contributed by atoms with Crippen molar-refractivity contribution in [2.24, 2.45) is 4.99 Å². The van der Waals surface area contributed by atoms with E-state index in [-0.39, 0.29) is 5.41 Å². The molecule has 1 aromatic heterocycles. The highest BCUT2D eigenvalue weighted by atomic mass is 32.1. The summed E-state index contributed by atoms with van der Waals surface area (Å²) in [6.07, 6.45) is 2.94. The van der Waals surface area contributed by atoms with Crippen molar-refractivity contribution in [2.45, 2.75) is 53.4 Å². The van der Waals surface area contributed by atoms with Gasteiger partial charge in [0.05, 0.1) is 12.0 Å². The number of ether oxygens (including phenoxy) is 1. The van der Waals surface area contributed by atoms with Gasteiger partial charge in [-0.3, -0.25) is 0 Å². The second kappa shape index (κ2) is 10.2. The van der Waals surface area contributed by atoms with Gasteiger partial charge in [-0.25, -0.2) is 4.99 Å². The molecule has 5 nitrogen and oxygen atoms in total. The third-order valence-corrected chi connectivity index (χ3v) is 6.19. The molecule has 0 saturated carbocycles. The van der Waals surface area contributed by atoms with Crippen molar-refractivity contribution in [3.63, 3.8) is 0 Å². The first-order valence-corrected chi connectivity index (χ1v) is 12.0. The van der Waals surface area contributed by atoms with Crippen LogP contribution < -0.4 is 4.74 Å². The van der Waals surface area contributed by atoms with Crippen LogP contribution >= 0.6 is 11.5 Å². The fourth-order valence-corrected chi connectivity index (χ4v) is 4.19. The molecule has 0 amide bonds. The summed E-state index contributed by atoms with van der Waals surface area (Å²) < 4.78 is 10.7. The minimum absolute atomic E-state index is 0.0734. The maximum Gasteiger partial charge on any atom is 0.218 e. The lowest BCUT2D eigenvalue weighted by Crippen LogP contribution is -2.16. The van der Waals surface area contributed by atoms with Gasteiger partial charge in [0.15, 0.2) is 0 Å². The summed E-state index contributed by atoms with van der Waals surface area (Å²) in [5.74, 6) is 0.711. The predicted molar refractivity (Wildman–Crippen MR) is 138 cm³/mol. The SMILES string of the molecule is CCCN(C)C=Nc1cc(C)c(Oc2snc(-c3ccc(C(C)(C)C)cc3)c2C#N)cc1C. The van der Waals surface area contributed by atoms with E-state index in [2.05, 4.69) is 60.2 Å². The highest BCUT2D eigenvalue weighted by molar-refractivity contribution is 7.08. The van der Waals surface area contributed by atoms with Gasteiger partial charge in [0.2, 0.25) is 5.06 Å². The first-order valence-electron chi connectivity index (χ1n) is 11.2. The minimum Gasteiger partial charge on any atom is -0.443 e. The quantitative estimate of drug-likeness (QED) is 0.272. The number of hydrogen-bond donors (Lipinski definition) is 0. The molecule has 3 aromatic rings. The molecule has 0 fully saturated rings. The van der Waals surface area contributed by atoms with Crippen molar-refractivity contribution in [3.8, 4) is 28.1 Å². The molecule has 0 unspecified atom stereocenters. The van der Waals surface area contributed by atoms with Crippen molar-refractivity contribution in [2.75, 3.05) is 13.6 Å². The molecule has 0 atom stereocenters. The summed E-state index contributed by atoms with van der Waals surface area (Å²) in [5.41, 5.74) is 6.23. The van der Waals surface area contributed by atoms with Gasteiger partial charge in [0.25, 0.3) is 0 Å². The standard InChI is InChI=1S/C27H32N4OS/c1-8-13-31(7)17-29-23-14-19(3)24(15-18(23)2)32-26-22(16-28)25(30-33-26)20-9-11-21(12-10-20)27(4,5)6/h9-12,14-15,17H,8,13H2,1-7H3. The number of aryl methyl sites for hydroxylation is 2. The number of nitriles is 1. The van der Waals surface area contributed by atoms with Crippen molar-refractivity contribution >= 4 is 23.6 Å². The maximum atomic E-state index is 9.86. The van der Waals surface area contributed by atoms with Gasteiger partial charge >= 0.3 is 0 Å². The lowest BCUT2D eigenvalue weighted by atomic mass is 9.86. The molecule has 0 radical (unpaired) electrons. The third-order valence-electron chi connectivity index (χ3n) is 5.46. The number of benzene rings is 2. The number of aliphatic imine (C=N–C) groups is 1. The van der Waals surface area contributed by atoms with Crippen LogP contribution in [0, 0.1) is 25.2 Å². The highest BCUT2D eigenvalue weighted by Crippen LogP contribution is 2.39. The van der Waals surface area contributed by atoms with Gasteiger partial charge < -0.3 is 9.64 Å². The molecule has 1 heterocycles. The van der Waals surface area contributed by atoms with Gasteiger partial charge in [0.1, 0.15) is 23.1 Å². The Bertz CT molecular complexity index is 1180. The largest absolute Gasteiger partial charge is 0.443 e. The lowest BCUT2D eigenvalue weighted by Gasteiger charge is -2.18. The molecule has 0 bridgehead atoms. The molecule has 172 valence electrons. The molecule has 6 heteroatoms. The van der Waals surface area contributed by atoms with Crippen molar-refractivity contribution in [1.82, 2.24) is 9.27 Å². The molecule has 2 aromatic carbocycles. The second-order valence-corrected chi connectivity index (χ2v) is 10.1. The Morgan fingerprint density at radius 3 is 2.45 bits per heavy atom. The number of hydrogen-bond acceptors (Lipinski definition) is 5. The lowest BCUT2D eigenvalue weighted by molar-refractivity contribution is 0.491. The molecule has 3 rings (SSSR count). The van der Waals surface area contributed by atoms with Crippen molar-refractivity contribution in [3.05, 3.63) is 58.7 Å². The van der Waals surface area contributed by atoms with Crippen molar-refractivity contribution < 1.29 is 4.74 Å². The molecular formula is C27H32N4OS. The van der Waals surface area contributed by atoms with Gasteiger partial charge in [-0.15, -0.1) is 0 Å². The number of rotatable bonds is 7. The Kier molecular flexibility index (Phi) is 7.55. The van der Waals surface area contributed by atoms with Gasteiger partial charge in [-0.1, -0.05) is 52.0 Å².